The van der Waals surface area contributed by atoms with Crippen LogP contribution in [0.5, 0.6) is 0 Å². The maximum Gasteiger partial charge on any atom is 0.246 e. The van der Waals surface area contributed by atoms with Gasteiger partial charge in [-0.25, -0.2) is 4.98 Å². The summed E-state index contributed by atoms with van der Waals surface area (Å²) >= 11 is 1.60. The summed E-state index contributed by atoms with van der Waals surface area (Å²) in [5, 5.41) is 4.27. The zero-order valence-corrected chi connectivity index (χ0v) is 12.9. The number of morpholine rings is 1. The molecular formula is C16H17N3O2S. The summed E-state index contributed by atoms with van der Waals surface area (Å²) in [6, 6.07) is 8.27. The van der Waals surface area contributed by atoms with E-state index in [9.17, 15) is 4.79 Å². The normalized spacial score (nSPS) is 25.0. The molecule has 2 aromatic rings. The third-order valence-electron chi connectivity index (χ3n) is 4.10. The van der Waals surface area contributed by atoms with Crippen molar-refractivity contribution in [2.75, 3.05) is 26.2 Å². The Kier molecular flexibility index (Phi) is 3.65. The van der Waals surface area contributed by atoms with Crippen LogP contribution in [0, 0.1) is 0 Å². The number of thiazole rings is 1. The second kappa shape index (κ2) is 5.79. The molecule has 6 heteroatoms. The fourth-order valence-corrected chi connectivity index (χ4v) is 3.85. The molecule has 1 aromatic carbocycles. The topological polar surface area (TPSA) is 54.5 Å². The van der Waals surface area contributed by atoms with Crippen LogP contribution in [0.3, 0.4) is 0 Å². The molecule has 22 heavy (non-hydrogen) atoms. The van der Waals surface area contributed by atoms with Gasteiger partial charge in [-0.15, -0.1) is 11.3 Å². The van der Waals surface area contributed by atoms with E-state index in [4.69, 9.17) is 4.74 Å². The van der Waals surface area contributed by atoms with Gasteiger partial charge in [-0.05, 0) is 18.2 Å². The van der Waals surface area contributed by atoms with E-state index in [-0.39, 0.29) is 18.1 Å². The van der Waals surface area contributed by atoms with Gasteiger partial charge in [0, 0.05) is 25.7 Å². The van der Waals surface area contributed by atoms with Gasteiger partial charge in [-0.2, -0.15) is 0 Å². The lowest BCUT2D eigenvalue weighted by molar-refractivity contribution is -0.125. The number of ether oxygens (including phenoxy) is 1. The molecule has 0 saturated carbocycles. The molecule has 0 unspecified atom stereocenters. The van der Waals surface area contributed by atoms with Crippen molar-refractivity contribution in [3.8, 4) is 0 Å². The van der Waals surface area contributed by atoms with E-state index in [0.717, 1.165) is 28.4 Å². The zero-order valence-electron chi connectivity index (χ0n) is 12.1. The highest BCUT2D eigenvalue weighted by Crippen LogP contribution is 2.23. The van der Waals surface area contributed by atoms with Gasteiger partial charge in [0.05, 0.1) is 29.0 Å². The number of aromatic nitrogens is 1. The fourth-order valence-electron chi connectivity index (χ4n) is 2.98. The zero-order chi connectivity index (χ0) is 14.9. The van der Waals surface area contributed by atoms with Crippen LogP contribution in [0.25, 0.3) is 16.3 Å². The number of para-hydroxylation sites is 1. The van der Waals surface area contributed by atoms with Crippen LogP contribution in [0.15, 0.2) is 30.3 Å². The number of nitrogens with one attached hydrogen (secondary N) is 1. The smallest absolute Gasteiger partial charge is 0.246 e. The van der Waals surface area contributed by atoms with Gasteiger partial charge in [0.15, 0.2) is 0 Å². The summed E-state index contributed by atoms with van der Waals surface area (Å²) in [7, 11) is 0. The number of hydrogen-bond donors (Lipinski definition) is 1. The molecule has 0 bridgehead atoms. The van der Waals surface area contributed by atoms with Crippen LogP contribution in [0.4, 0.5) is 0 Å². The average Bonchev–Trinajstić information content (AvgIpc) is 3.15. The van der Waals surface area contributed by atoms with Gasteiger partial charge >= 0.3 is 0 Å². The van der Waals surface area contributed by atoms with Crippen molar-refractivity contribution >= 4 is 33.5 Å². The highest BCUT2D eigenvalue weighted by molar-refractivity contribution is 7.19. The number of likely N-dealkylation sites (tertiary alicyclic amines) is 1. The summed E-state index contributed by atoms with van der Waals surface area (Å²) in [5.74, 6) is 0.0269. The Bertz CT molecular complexity index is 680. The lowest BCUT2D eigenvalue weighted by atomic mass is 10.2. The van der Waals surface area contributed by atoms with E-state index in [2.05, 4.69) is 10.3 Å². The molecule has 1 N–H and O–H groups in total. The summed E-state index contributed by atoms with van der Waals surface area (Å²) in [6.45, 7) is 2.98. The molecule has 0 aliphatic carbocycles. The molecule has 2 fully saturated rings. The summed E-state index contributed by atoms with van der Waals surface area (Å²) in [6.07, 6.45) is 3.56. The van der Waals surface area contributed by atoms with Crippen molar-refractivity contribution in [3.05, 3.63) is 35.3 Å². The van der Waals surface area contributed by atoms with Crippen LogP contribution in [0.1, 0.15) is 5.01 Å². The quantitative estimate of drug-likeness (QED) is 0.854. The van der Waals surface area contributed by atoms with Crippen LogP contribution >= 0.6 is 11.3 Å². The SMILES string of the molecule is O=C(/C=C/c1nc2ccccc2s1)N1C[C@@H]2NCCO[C@H]2C1. The number of rotatable bonds is 2. The van der Waals surface area contributed by atoms with Crippen molar-refractivity contribution < 1.29 is 9.53 Å². The number of carbonyl (C=O) groups is 1. The van der Waals surface area contributed by atoms with Crippen LogP contribution in [-0.4, -0.2) is 54.2 Å². The average molecular weight is 315 g/mol. The lowest BCUT2D eigenvalue weighted by Crippen LogP contribution is -2.47. The molecule has 0 radical (unpaired) electrons. The number of amides is 1. The van der Waals surface area contributed by atoms with Gasteiger partial charge in [-0.3, -0.25) is 4.79 Å². The van der Waals surface area contributed by atoms with E-state index in [1.54, 1.807) is 17.4 Å². The Morgan fingerprint density at radius 3 is 3.18 bits per heavy atom. The van der Waals surface area contributed by atoms with Gasteiger partial charge in [-0.1, -0.05) is 12.1 Å². The maximum atomic E-state index is 12.3. The Morgan fingerprint density at radius 2 is 2.32 bits per heavy atom. The van der Waals surface area contributed by atoms with E-state index >= 15 is 0 Å². The molecule has 2 aliphatic heterocycles. The molecule has 114 valence electrons. The van der Waals surface area contributed by atoms with Gasteiger partial charge in [0.1, 0.15) is 5.01 Å². The first kappa shape index (κ1) is 13.9. The molecule has 5 nitrogen and oxygen atoms in total. The molecule has 1 aromatic heterocycles. The first-order chi connectivity index (χ1) is 10.8. The fraction of sp³-hybridized carbons (Fsp3) is 0.375. The van der Waals surface area contributed by atoms with E-state index in [1.807, 2.05) is 35.2 Å². The highest BCUT2D eigenvalue weighted by atomic mass is 32.1. The number of benzene rings is 1. The number of carbonyl (C=O) groups excluding carboxylic acids is 1. The predicted octanol–water partition coefficient (Wildman–Crippen LogP) is 1.51. The van der Waals surface area contributed by atoms with Gasteiger partial charge in [0.2, 0.25) is 5.91 Å². The Morgan fingerprint density at radius 1 is 1.41 bits per heavy atom. The molecule has 4 rings (SSSR count). The minimum atomic E-state index is 0.0269. The number of nitrogens with zero attached hydrogens (tertiary/aromatic N) is 2. The molecule has 1 amide bonds. The first-order valence-corrected chi connectivity index (χ1v) is 8.29. The standard InChI is InChI=1S/C16H17N3O2S/c20-16(19-9-12-13(10-19)21-8-7-17-12)6-5-15-18-11-3-1-2-4-14(11)22-15/h1-6,12-13,17H,7-10H2/b6-5+/t12-,13-/m0/s1. The predicted molar refractivity (Wildman–Crippen MR) is 86.8 cm³/mol. The van der Waals surface area contributed by atoms with Crippen LogP contribution < -0.4 is 5.32 Å². The minimum Gasteiger partial charge on any atom is -0.373 e. The van der Waals surface area contributed by atoms with Crippen molar-refractivity contribution in [3.63, 3.8) is 0 Å². The van der Waals surface area contributed by atoms with E-state index < -0.39 is 0 Å². The largest absolute Gasteiger partial charge is 0.373 e. The van der Waals surface area contributed by atoms with E-state index in [0.29, 0.717) is 13.1 Å². The second-order valence-corrected chi connectivity index (χ2v) is 6.63. The Balaban J connectivity index is 1.45. The monoisotopic (exact) mass is 315 g/mol. The number of hydrogen-bond acceptors (Lipinski definition) is 5. The van der Waals surface area contributed by atoms with Crippen molar-refractivity contribution in [1.29, 1.82) is 0 Å². The molecule has 2 saturated heterocycles. The van der Waals surface area contributed by atoms with Gasteiger partial charge in [0.25, 0.3) is 0 Å². The third-order valence-corrected chi connectivity index (χ3v) is 5.10. The Labute approximate surface area is 132 Å². The van der Waals surface area contributed by atoms with Crippen LogP contribution in [-0.2, 0) is 9.53 Å². The Hall–Kier alpha value is -1.76. The van der Waals surface area contributed by atoms with Crippen molar-refractivity contribution in [2.45, 2.75) is 12.1 Å². The molecule has 3 heterocycles. The molecule has 0 spiro atoms. The third kappa shape index (κ3) is 2.65. The number of fused-ring (bicyclic) bond motifs is 2. The summed E-state index contributed by atoms with van der Waals surface area (Å²) in [5.41, 5.74) is 0.976. The van der Waals surface area contributed by atoms with Crippen molar-refractivity contribution in [1.82, 2.24) is 15.2 Å². The molecule has 2 aliphatic rings. The minimum absolute atomic E-state index is 0.0269. The highest BCUT2D eigenvalue weighted by Gasteiger charge is 2.36. The lowest BCUT2D eigenvalue weighted by Gasteiger charge is -2.25. The van der Waals surface area contributed by atoms with Gasteiger partial charge < -0.3 is 15.0 Å². The van der Waals surface area contributed by atoms with Crippen LogP contribution in [0.2, 0.25) is 0 Å². The van der Waals surface area contributed by atoms with E-state index in [1.165, 1.54) is 0 Å². The summed E-state index contributed by atoms with van der Waals surface area (Å²) < 4.78 is 6.83. The maximum absolute atomic E-state index is 12.3. The molecular weight excluding hydrogens is 298 g/mol. The van der Waals surface area contributed by atoms with Crippen molar-refractivity contribution in [2.24, 2.45) is 0 Å². The summed E-state index contributed by atoms with van der Waals surface area (Å²) in [4.78, 5) is 18.7. The molecule has 2 atom stereocenters. The first-order valence-electron chi connectivity index (χ1n) is 7.47. The second-order valence-electron chi connectivity index (χ2n) is 5.57.